The molecule has 1 saturated heterocycles. The first kappa shape index (κ1) is 40.7. The first-order valence-electron chi connectivity index (χ1n) is 15.6. The van der Waals surface area contributed by atoms with E-state index in [4.69, 9.17) is 30.7 Å². The van der Waals surface area contributed by atoms with Crippen LogP contribution in [0.4, 0.5) is 16.5 Å². The zero-order valence-corrected chi connectivity index (χ0v) is 30.5. The highest BCUT2D eigenvalue weighted by Crippen LogP contribution is 2.23. The fraction of sp³-hybridized carbons (Fsp3) is 0.344. The minimum atomic E-state index is -1.78. The summed E-state index contributed by atoms with van der Waals surface area (Å²) in [5, 5.41) is 32.8. The first-order valence-corrected chi connectivity index (χ1v) is 17.0. The van der Waals surface area contributed by atoms with Crippen molar-refractivity contribution in [2.75, 3.05) is 17.7 Å². The van der Waals surface area contributed by atoms with Gasteiger partial charge in [0.2, 0.25) is 11.5 Å². The van der Waals surface area contributed by atoms with Crippen molar-refractivity contribution in [3.05, 3.63) is 91.0 Å². The van der Waals surface area contributed by atoms with E-state index < -0.39 is 62.5 Å². The molecule has 0 bridgehead atoms. The van der Waals surface area contributed by atoms with Crippen LogP contribution in [0.25, 0.3) is 0 Å². The lowest BCUT2D eigenvalue weighted by Crippen LogP contribution is -2.66. The van der Waals surface area contributed by atoms with E-state index in [1.54, 1.807) is 0 Å². The molecule has 54 heavy (non-hydrogen) atoms. The minimum Gasteiger partial charge on any atom is -0.459 e. The van der Waals surface area contributed by atoms with Crippen molar-refractivity contribution in [1.29, 1.82) is 0 Å². The van der Waals surface area contributed by atoms with E-state index in [1.807, 2.05) is 0 Å². The zero-order chi connectivity index (χ0) is 39.8. The summed E-state index contributed by atoms with van der Waals surface area (Å²) in [7, 11) is 0. The number of non-ortho nitro benzene ring substituents is 2. The van der Waals surface area contributed by atoms with E-state index in [1.165, 1.54) is 81.6 Å². The minimum absolute atomic E-state index is 0.0555. The monoisotopic (exact) mass is 789 g/mol. The van der Waals surface area contributed by atoms with Gasteiger partial charge in [-0.1, -0.05) is 5.16 Å². The smallest absolute Gasteiger partial charge is 0.353 e. The number of hydroxylamine groups is 2. The third kappa shape index (κ3) is 10.5. The third-order valence-electron chi connectivity index (χ3n) is 7.25. The molecular weight excluding hydrogens is 758 g/mol. The number of nitrogens with one attached hydrogen (secondary N) is 2. The number of hydrogen-bond donors (Lipinski definition) is 2. The summed E-state index contributed by atoms with van der Waals surface area (Å²) in [4.78, 5) is 99.6. The summed E-state index contributed by atoms with van der Waals surface area (Å²) >= 11 is 6.47. The Morgan fingerprint density at radius 3 is 1.93 bits per heavy atom. The molecule has 0 saturated carbocycles. The second-order valence-electron chi connectivity index (χ2n) is 12.3. The summed E-state index contributed by atoms with van der Waals surface area (Å²) < 4.78 is 10.5. The number of amides is 3. The normalized spacial score (nSPS) is 14.4. The number of rotatable bonds is 17. The molecule has 0 spiro atoms. The van der Waals surface area contributed by atoms with E-state index in [-0.39, 0.29) is 47.8 Å². The molecule has 22 heteroatoms. The van der Waals surface area contributed by atoms with Gasteiger partial charge >= 0.3 is 11.9 Å². The molecule has 2 N–H and O–H groups in total. The van der Waals surface area contributed by atoms with Gasteiger partial charge < -0.3 is 24.9 Å². The Bertz CT molecular complexity index is 1970. The van der Waals surface area contributed by atoms with E-state index in [9.17, 15) is 44.2 Å². The number of nitro groups is 2. The largest absolute Gasteiger partial charge is 0.459 e. The molecule has 2 aromatic carbocycles. The maximum Gasteiger partial charge on any atom is 0.353 e. The molecule has 1 atom stereocenters. The Kier molecular flexibility index (Phi) is 12.9. The van der Waals surface area contributed by atoms with Crippen molar-refractivity contribution in [2.45, 2.75) is 58.2 Å². The van der Waals surface area contributed by atoms with E-state index >= 15 is 0 Å². The average Bonchev–Trinajstić information content (AvgIpc) is 3.59. The van der Waals surface area contributed by atoms with Crippen molar-refractivity contribution in [3.8, 4) is 0 Å². The average molecular weight is 790 g/mol. The number of oxime groups is 1. The second-order valence-corrected chi connectivity index (χ2v) is 13.4. The van der Waals surface area contributed by atoms with Crippen LogP contribution in [0.15, 0.2) is 59.1 Å². The van der Waals surface area contributed by atoms with Crippen LogP contribution in [-0.2, 0) is 56.3 Å². The van der Waals surface area contributed by atoms with Crippen LogP contribution in [-0.4, -0.2) is 84.9 Å². The summed E-state index contributed by atoms with van der Waals surface area (Å²) in [5.41, 5.74) is -3.38. The van der Waals surface area contributed by atoms with Crippen molar-refractivity contribution < 1.29 is 53.0 Å². The van der Waals surface area contributed by atoms with Gasteiger partial charge in [-0.05, 0) is 63.1 Å². The van der Waals surface area contributed by atoms with Crippen LogP contribution in [0.1, 0.15) is 44.5 Å². The van der Waals surface area contributed by atoms with Crippen LogP contribution in [0.3, 0.4) is 0 Å². The highest BCUT2D eigenvalue weighted by Gasteiger charge is 2.45. The number of halogens is 1. The maximum absolute atomic E-state index is 13.5. The number of ether oxygens (including phenoxy) is 2. The van der Waals surface area contributed by atoms with Gasteiger partial charge in [0.05, 0.1) is 16.4 Å². The lowest BCUT2D eigenvalue weighted by molar-refractivity contribution is -0.385. The number of benzene rings is 2. The summed E-state index contributed by atoms with van der Waals surface area (Å²) in [5.74, 6) is -4.40. The number of alkyl halides is 1. The molecule has 1 aromatic heterocycles. The van der Waals surface area contributed by atoms with Crippen molar-refractivity contribution in [2.24, 2.45) is 5.16 Å². The number of nitrogens with zero attached hydrogens (tertiary/aromatic N) is 5. The van der Waals surface area contributed by atoms with Gasteiger partial charge in [-0.25, -0.2) is 19.6 Å². The van der Waals surface area contributed by atoms with Crippen molar-refractivity contribution in [1.82, 2.24) is 15.4 Å². The Hall–Kier alpha value is -6.06. The number of nitro benzene ring substituents is 2. The molecule has 3 amide bonds. The Morgan fingerprint density at radius 1 is 0.926 bits per heavy atom. The zero-order valence-electron chi connectivity index (χ0n) is 28.9. The predicted octanol–water partition coefficient (Wildman–Crippen LogP) is 3.16. The van der Waals surface area contributed by atoms with Gasteiger partial charge in [0.15, 0.2) is 16.4 Å². The fourth-order valence-corrected chi connectivity index (χ4v) is 4.97. The van der Waals surface area contributed by atoms with Crippen LogP contribution in [0.5, 0.6) is 0 Å². The molecule has 1 fully saturated rings. The Morgan fingerprint density at radius 2 is 1.44 bits per heavy atom. The quantitative estimate of drug-likeness (QED) is 0.0497. The number of hydrogen-bond acceptors (Lipinski definition) is 16. The lowest BCUT2D eigenvalue weighted by atomic mass is 10.1. The number of thiazole rings is 1. The SMILES string of the molecule is CC(C)(ON=C(C(=O)N[C@H]1CN(OC(C)(C)C(=O)OCc2ccc([N+](=O)[O-])cc2)C1=O)c1csc(NC(=O)CCl)n1)C(=O)OCc1ccc([N+](=O)[O-])cc1. The van der Waals surface area contributed by atoms with E-state index in [2.05, 4.69) is 20.8 Å². The molecular formula is C32H32ClN7O13S. The van der Waals surface area contributed by atoms with Crippen LogP contribution >= 0.6 is 22.9 Å². The third-order valence-corrected chi connectivity index (χ3v) is 8.25. The lowest BCUT2D eigenvalue weighted by Gasteiger charge is -2.40. The first-order chi connectivity index (χ1) is 25.4. The number of carbonyl (C=O) groups is 5. The van der Waals surface area contributed by atoms with Crippen LogP contribution < -0.4 is 10.6 Å². The van der Waals surface area contributed by atoms with Crippen molar-refractivity contribution in [3.63, 3.8) is 0 Å². The summed E-state index contributed by atoms with van der Waals surface area (Å²) in [6, 6.07) is 9.53. The topological polar surface area (TPSA) is 261 Å². The van der Waals surface area contributed by atoms with Gasteiger partial charge in [0.25, 0.3) is 23.2 Å². The predicted molar refractivity (Wildman–Crippen MR) is 188 cm³/mol. The molecule has 1 aliphatic heterocycles. The maximum atomic E-state index is 13.5. The number of aromatic nitrogens is 1. The van der Waals surface area contributed by atoms with Gasteiger partial charge in [0.1, 0.15) is 30.8 Å². The Labute approximate surface area is 314 Å². The van der Waals surface area contributed by atoms with Crippen LogP contribution in [0.2, 0.25) is 0 Å². The second kappa shape index (κ2) is 17.2. The summed E-state index contributed by atoms with van der Waals surface area (Å²) in [6.45, 7) is 4.64. The molecule has 20 nitrogen and oxygen atoms in total. The molecule has 0 radical (unpaired) electrons. The molecule has 0 aliphatic carbocycles. The fourth-order valence-electron chi connectivity index (χ4n) is 4.19. The Balaban J connectivity index is 1.39. The van der Waals surface area contributed by atoms with Crippen LogP contribution in [0, 0.1) is 20.2 Å². The number of β-lactam (4-membered cyclic amide) rings is 1. The van der Waals surface area contributed by atoms with Crippen molar-refractivity contribution >= 4 is 74.8 Å². The standard InChI is InChI=1S/C32H32ClN7O13S/c1-31(2,28(44)50-15-18-5-9-20(10-6-18)39(46)47)52-37-25(23-17-54-30(35-23)36-24(41)13-33)26(42)34-22-14-38(27(22)43)53-32(3,4)29(45)51-16-19-7-11-21(12-8-19)40(48)49/h5-12,17,22H,13-16H2,1-4H3,(H,34,42)(H,35,36,41)/t22-/m0/s1. The highest BCUT2D eigenvalue weighted by molar-refractivity contribution is 7.14. The number of carbonyl (C=O) groups excluding carboxylic acids is 5. The summed E-state index contributed by atoms with van der Waals surface area (Å²) in [6.07, 6.45) is 0. The molecule has 0 unspecified atom stereocenters. The van der Waals surface area contributed by atoms with Gasteiger partial charge in [-0.15, -0.1) is 22.9 Å². The number of esters is 2. The molecule has 286 valence electrons. The highest BCUT2D eigenvalue weighted by atomic mass is 35.5. The molecule has 4 rings (SSSR count). The van der Waals surface area contributed by atoms with Gasteiger partial charge in [0, 0.05) is 29.6 Å². The molecule has 1 aliphatic rings. The molecule has 3 aromatic rings. The number of anilines is 1. The van der Waals surface area contributed by atoms with Gasteiger partial charge in [-0.3, -0.25) is 39.4 Å². The van der Waals surface area contributed by atoms with Gasteiger partial charge in [-0.2, -0.15) is 0 Å². The van der Waals surface area contributed by atoms with E-state index in [0.29, 0.717) is 11.1 Å². The van der Waals surface area contributed by atoms with E-state index in [0.717, 1.165) is 16.4 Å². The molecule has 2 heterocycles.